The number of carboxylic acid groups (broad SMARTS) is 1. The first-order valence-electron chi connectivity index (χ1n) is 8.30. The molecule has 2 rings (SSSR count). The van der Waals surface area contributed by atoms with E-state index < -0.39 is 12.0 Å². The maximum Gasteiger partial charge on any atom is 0.320 e. The fourth-order valence-electron chi connectivity index (χ4n) is 2.58. The highest BCUT2D eigenvalue weighted by atomic mass is 79.9. The molecule has 134 valence electrons. The van der Waals surface area contributed by atoms with Gasteiger partial charge in [-0.15, -0.1) is 0 Å². The van der Waals surface area contributed by atoms with Crippen molar-refractivity contribution in [3.8, 4) is 5.75 Å². The molecule has 0 spiro atoms. The molecular formula is C20H24BrNO3. The molecule has 0 heterocycles. The Bertz CT molecular complexity index is 731. The summed E-state index contributed by atoms with van der Waals surface area (Å²) in [5.74, 6) is -0.0831. The van der Waals surface area contributed by atoms with Gasteiger partial charge in [0.1, 0.15) is 18.4 Å². The molecule has 5 heteroatoms. The van der Waals surface area contributed by atoms with Crippen molar-refractivity contribution in [2.24, 2.45) is 5.92 Å². The summed E-state index contributed by atoms with van der Waals surface area (Å²) in [5, 5.41) is 12.4. The topological polar surface area (TPSA) is 58.6 Å². The van der Waals surface area contributed by atoms with Crippen molar-refractivity contribution >= 4 is 21.9 Å². The van der Waals surface area contributed by atoms with E-state index in [9.17, 15) is 9.90 Å². The van der Waals surface area contributed by atoms with Gasteiger partial charge in [-0.3, -0.25) is 10.1 Å². The number of hydrogen-bond donors (Lipinski definition) is 2. The Morgan fingerprint density at radius 1 is 1.20 bits per heavy atom. The molecule has 0 amide bonds. The van der Waals surface area contributed by atoms with Crippen LogP contribution in [0.3, 0.4) is 0 Å². The second kappa shape index (κ2) is 9.02. The van der Waals surface area contributed by atoms with E-state index in [1.165, 1.54) is 5.56 Å². The van der Waals surface area contributed by atoms with Gasteiger partial charge in [0.2, 0.25) is 0 Å². The van der Waals surface area contributed by atoms with E-state index in [4.69, 9.17) is 4.74 Å². The first-order valence-corrected chi connectivity index (χ1v) is 9.09. The minimum atomic E-state index is -0.840. The van der Waals surface area contributed by atoms with Crippen molar-refractivity contribution in [3.63, 3.8) is 0 Å². The van der Waals surface area contributed by atoms with E-state index in [-0.39, 0.29) is 5.92 Å². The van der Waals surface area contributed by atoms with E-state index in [2.05, 4.69) is 34.2 Å². The predicted octanol–water partition coefficient (Wildman–Crippen LogP) is 4.54. The smallest absolute Gasteiger partial charge is 0.320 e. The maximum atomic E-state index is 11.4. The third kappa shape index (κ3) is 5.58. The third-order valence-electron chi connectivity index (χ3n) is 4.11. The van der Waals surface area contributed by atoms with Crippen LogP contribution < -0.4 is 10.1 Å². The number of aryl methyl sites for hydroxylation is 1. The van der Waals surface area contributed by atoms with Gasteiger partial charge in [0.15, 0.2) is 0 Å². The number of carboxylic acids is 1. The summed E-state index contributed by atoms with van der Waals surface area (Å²) in [4.78, 5) is 11.4. The van der Waals surface area contributed by atoms with E-state index in [0.717, 1.165) is 21.3 Å². The SMILES string of the molecule is Cc1ccccc1COc1ccc(Br)cc1CNC(C(=O)O)C(C)C. The minimum Gasteiger partial charge on any atom is -0.489 e. The molecule has 0 aliphatic rings. The van der Waals surface area contributed by atoms with Gasteiger partial charge in [-0.05, 0) is 42.2 Å². The maximum absolute atomic E-state index is 11.4. The lowest BCUT2D eigenvalue weighted by atomic mass is 10.0. The minimum absolute atomic E-state index is 0.000916. The lowest BCUT2D eigenvalue weighted by Crippen LogP contribution is -2.40. The van der Waals surface area contributed by atoms with Crippen molar-refractivity contribution in [1.29, 1.82) is 0 Å². The summed E-state index contributed by atoms with van der Waals surface area (Å²) in [6.07, 6.45) is 0. The Morgan fingerprint density at radius 2 is 1.92 bits per heavy atom. The van der Waals surface area contributed by atoms with Crippen LogP contribution in [0.15, 0.2) is 46.9 Å². The Balaban J connectivity index is 2.11. The molecule has 0 radical (unpaired) electrons. The van der Waals surface area contributed by atoms with Gasteiger partial charge in [0.05, 0.1) is 0 Å². The Kier molecular flexibility index (Phi) is 7.02. The number of hydrogen-bond acceptors (Lipinski definition) is 3. The van der Waals surface area contributed by atoms with E-state index in [1.54, 1.807) is 0 Å². The molecule has 1 unspecified atom stereocenters. The number of rotatable bonds is 8. The first kappa shape index (κ1) is 19.5. The number of aliphatic carboxylic acids is 1. The van der Waals surface area contributed by atoms with Crippen LogP contribution in [0.1, 0.15) is 30.5 Å². The number of nitrogens with one attached hydrogen (secondary N) is 1. The largest absolute Gasteiger partial charge is 0.489 e. The Morgan fingerprint density at radius 3 is 2.56 bits per heavy atom. The zero-order valence-corrected chi connectivity index (χ0v) is 16.3. The molecule has 0 fully saturated rings. The number of ether oxygens (including phenoxy) is 1. The normalized spacial score (nSPS) is 12.2. The van der Waals surface area contributed by atoms with Crippen LogP contribution in [0.5, 0.6) is 5.75 Å². The van der Waals surface area contributed by atoms with Crippen molar-refractivity contribution in [2.45, 2.75) is 40.0 Å². The zero-order chi connectivity index (χ0) is 18.4. The van der Waals surface area contributed by atoms with Crippen molar-refractivity contribution in [1.82, 2.24) is 5.32 Å². The van der Waals surface area contributed by atoms with Crippen LogP contribution in [-0.4, -0.2) is 17.1 Å². The highest BCUT2D eigenvalue weighted by molar-refractivity contribution is 9.10. The number of benzene rings is 2. The van der Waals surface area contributed by atoms with E-state index in [0.29, 0.717) is 13.2 Å². The molecule has 25 heavy (non-hydrogen) atoms. The van der Waals surface area contributed by atoms with Gasteiger partial charge in [0.25, 0.3) is 0 Å². The van der Waals surface area contributed by atoms with Gasteiger partial charge in [-0.2, -0.15) is 0 Å². The molecule has 2 N–H and O–H groups in total. The standard InChI is InChI=1S/C20H24BrNO3/c1-13(2)19(20(23)24)22-11-16-10-17(21)8-9-18(16)25-12-15-7-5-4-6-14(15)3/h4-10,13,19,22H,11-12H2,1-3H3,(H,23,24). The second-order valence-electron chi connectivity index (χ2n) is 6.41. The molecule has 2 aromatic rings. The van der Waals surface area contributed by atoms with Crippen molar-refractivity contribution in [3.05, 3.63) is 63.6 Å². The molecule has 0 saturated carbocycles. The number of halogens is 1. The average Bonchev–Trinajstić information content (AvgIpc) is 2.55. The third-order valence-corrected chi connectivity index (χ3v) is 4.61. The Hall–Kier alpha value is -1.85. The van der Waals surface area contributed by atoms with Gasteiger partial charge in [-0.25, -0.2) is 0 Å². The molecule has 0 bridgehead atoms. The summed E-state index contributed by atoms with van der Waals surface area (Å²) < 4.78 is 6.94. The molecule has 2 aromatic carbocycles. The van der Waals surface area contributed by atoms with Gasteiger partial charge in [-0.1, -0.05) is 54.0 Å². The first-order chi connectivity index (χ1) is 11.9. The quantitative estimate of drug-likeness (QED) is 0.676. The van der Waals surface area contributed by atoms with Crippen molar-refractivity contribution < 1.29 is 14.6 Å². The summed E-state index contributed by atoms with van der Waals surface area (Å²) in [5.41, 5.74) is 3.25. The highest BCUT2D eigenvalue weighted by Gasteiger charge is 2.21. The summed E-state index contributed by atoms with van der Waals surface area (Å²) in [7, 11) is 0. The van der Waals surface area contributed by atoms with Gasteiger partial charge in [0, 0.05) is 16.6 Å². The lowest BCUT2D eigenvalue weighted by molar-refractivity contribution is -0.140. The molecule has 4 nitrogen and oxygen atoms in total. The molecule has 0 aromatic heterocycles. The van der Waals surface area contributed by atoms with Crippen LogP contribution in [-0.2, 0) is 17.9 Å². The van der Waals surface area contributed by atoms with E-state index >= 15 is 0 Å². The molecule has 0 aliphatic heterocycles. The summed E-state index contributed by atoms with van der Waals surface area (Å²) >= 11 is 3.47. The summed E-state index contributed by atoms with van der Waals surface area (Å²) in [6, 6.07) is 13.3. The molecule has 0 saturated heterocycles. The van der Waals surface area contributed by atoms with Crippen LogP contribution in [0, 0.1) is 12.8 Å². The van der Waals surface area contributed by atoms with Crippen LogP contribution in [0.2, 0.25) is 0 Å². The molecule has 0 aliphatic carbocycles. The van der Waals surface area contributed by atoms with Crippen molar-refractivity contribution in [2.75, 3.05) is 0 Å². The average molecular weight is 406 g/mol. The van der Waals surface area contributed by atoms with Gasteiger partial charge >= 0.3 is 5.97 Å². The van der Waals surface area contributed by atoms with Crippen LogP contribution >= 0.6 is 15.9 Å². The van der Waals surface area contributed by atoms with Crippen LogP contribution in [0.25, 0.3) is 0 Å². The van der Waals surface area contributed by atoms with Gasteiger partial charge < -0.3 is 9.84 Å². The highest BCUT2D eigenvalue weighted by Crippen LogP contribution is 2.25. The molecule has 1 atom stereocenters. The van der Waals surface area contributed by atoms with E-state index in [1.807, 2.05) is 50.2 Å². The lowest BCUT2D eigenvalue weighted by Gasteiger charge is -2.19. The molecular weight excluding hydrogens is 382 g/mol. The second-order valence-corrected chi connectivity index (χ2v) is 7.32. The van der Waals surface area contributed by atoms with Crippen LogP contribution in [0.4, 0.5) is 0 Å². The fraction of sp³-hybridized carbons (Fsp3) is 0.350. The zero-order valence-electron chi connectivity index (χ0n) is 14.8. The fourth-order valence-corrected chi connectivity index (χ4v) is 2.99. The monoisotopic (exact) mass is 405 g/mol. The number of carbonyl (C=O) groups is 1. The predicted molar refractivity (Wildman–Crippen MR) is 103 cm³/mol. The Labute approximate surface area is 157 Å². The summed E-state index contributed by atoms with van der Waals surface area (Å²) in [6.45, 7) is 6.75.